The van der Waals surface area contributed by atoms with Crippen molar-refractivity contribution in [2.24, 2.45) is 0 Å². The Hall–Kier alpha value is -2.14. The number of nitrogens with zero attached hydrogens (tertiary/aromatic N) is 1. The van der Waals surface area contributed by atoms with Crippen molar-refractivity contribution in [2.45, 2.75) is 57.7 Å². The first-order valence-corrected chi connectivity index (χ1v) is 8.66. The molecule has 5 nitrogen and oxygen atoms in total. The van der Waals surface area contributed by atoms with Crippen molar-refractivity contribution in [2.75, 3.05) is 7.05 Å². The summed E-state index contributed by atoms with van der Waals surface area (Å²) >= 11 is 0. The maximum absolute atomic E-state index is 9.83. The molecule has 0 aliphatic carbocycles. The number of phenols is 1. The summed E-state index contributed by atoms with van der Waals surface area (Å²) in [6.45, 7) is 8.79. The molecular formula is C20H30N4O. The topological polar surface area (TPSA) is 83.2 Å². The summed E-state index contributed by atoms with van der Waals surface area (Å²) in [6, 6.07) is 7.05. The molecule has 1 aliphatic rings. The van der Waals surface area contributed by atoms with Gasteiger partial charge in [-0.2, -0.15) is 0 Å². The molecule has 1 heterocycles. The Kier molecular flexibility index (Phi) is 5.37. The highest BCUT2D eigenvalue weighted by Gasteiger charge is 2.39. The molecule has 1 aromatic rings. The van der Waals surface area contributed by atoms with Crippen LogP contribution in [0, 0.1) is 10.8 Å². The van der Waals surface area contributed by atoms with E-state index in [-0.39, 0.29) is 28.6 Å². The SMILES string of the molecule is CN(C(=N)/C=C\C(=N)c1ccccc1O)C1CC(C)(C)NC(C)(C)C1. The minimum absolute atomic E-state index is 0.0210. The fourth-order valence-corrected chi connectivity index (χ4v) is 3.81. The van der Waals surface area contributed by atoms with E-state index in [1.165, 1.54) is 0 Å². The van der Waals surface area contributed by atoms with Crippen LogP contribution >= 0.6 is 0 Å². The molecule has 0 amide bonds. The number of aromatic hydroxyl groups is 1. The summed E-state index contributed by atoms with van der Waals surface area (Å²) in [4.78, 5) is 1.99. The smallest absolute Gasteiger partial charge is 0.124 e. The van der Waals surface area contributed by atoms with Crippen molar-refractivity contribution < 1.29 is 5.11 Å². The second-order valence-corrected chi connectivity index (χ2v) is 8.22. The van der Waals surface area contributed by atoms with Gasteiger partial charge in [-0.25, -0.2) is 0 Å². The van der Waals surface area contributed by atoms with Gasteiger partial charge in [-0.3, -0.25) is 5.41 Å². The van der Waals surface area contributed by atoms with Gasteiger partial charge in [-0.15, -0.1) is 0 Å². The molecule has 0 unspecified atom stereocenters. The molecule has 2 rings (SSSR count). The van der Waals surface area contributed by atoms with Crippen LogP contribution < -0.4 is 5.32 Å². The Morgan fingerprint density at radius 3 is 2.24 bits per heavy atom. The van der Waals surface area contributed by atoms with E-state index in [4.69, 9.17) is 10.8 Å². The average Bonchev–Trinajstić information content (AvgIpc) is 2.49. The molecule has 0 atom stereocenters. The van der Waals surface area contributed by atoms with Crippen LogP contribution in [0.15, 0.2) is 36.4 Å². The number of piperidine rings is 1. The van der Waals surface area contributed by atoms with E-state index in [0.717, 1.165) is 12.8 Å². The summed E-state index contributed by atoms with van der Waals surface area (Å²) in [5, 5.41) is 29.9. The van der Waals surface area contributed by atoms with Crippen molar-refractivity contribution in [1.29, 1.82) is 10.8 Å². The van der Waals surface area contributed by atoms with Gasteiger partial charge in [0.15, 0.2) is 0 Å². The minimum Gasteiger partial charge on any atom is -0.507 e. The van der Waals surface area contributed by atoms with Crippen LogP contribution in [0.5, 0.6) is 5.75 Å². The van der Waals surface area contributed by atoms with Crippen LogP contribution in [-0.4, -0.2) is 45.7 Å². The molecule has 0 radical (unpaired) electrons. The van der Waals surface area contributed by atoms with E-state index in [1.54, 1.807) is 36.4 Å². The lowest BCUT2D eigenvalue weighted by Crippen LogP contribution is -2.62. The Balaban J connectivity index is 2.07. The Labute approximate surface area is 150 Å². The van der Waals surface area contributed by atoms with Gasteiger partial charge in [0.05, 0.1) is 5.71 Å². The molecule has 0 saturated carbocycles. The largest absolute Gasteiger partial charge is 0.507 e. The van der Waals surface area contributed by atoms with E-state index in [2.05, 4.69) is 33.0 Å². The highest BCUT2D eigenvalue weighted by molar-refractivity contribution is 6.11. The van der Waals surface area contributed by atoms with Crippen molar-refractivity contribution in [1.82, 2.24) is 10.2 Å². The zero-order valence-corrected chi connectivity index (χ0v) is 15.9. The predicted octanol–water partition coefficient (Wildman–Crippen LogP) is 3.53. The Bertz CT molecular complexity index is 675. The fraction of sp³-hybridized carbons (Fsp3) is 0.500. The monoisotopic (exact) mass is 342 g/mol. The zero-order chi connectivity index (χ0) is 18.8. The summed E-state index contributed by atoms with van der Waals surface area (Å²) in [6.07, 6.45) is 5.13. The van der Waals surface area contributed by atoms with E-state index in [0.29, 0.717) is 11.4 Å². The van der Waals surface area contributed by atoms with E-state index in [1.807, 2.05) is 11.9 Å². The predicted molar refractivity (Wildman–Crippen MR) is 104 cm³/mol. The minimum atomic E-state index is 0.0210. The number of rotatable bonds is 4. The molecule has 0 spiro atoms. The number of amidine groups is 1. The number of likely N-dealkylation sites (N-methyl/N-ethyl adjacent to an activating group) is 1. The van der Waals surface area contributed by atoms with Crippen molar-refractivity contribution in [3.63, 3.8) is 0 Å². The molecule has 4 N–H and O–H groups in total. The third-order valence-corrected chi connectivity index (χ3v) is 4.70. The Morgan fingerprint density at radius 2 is 1.68 bits per heavy atom. The number of phenolic OH excluding ortho intramolecular Hbond substituents is 1. The first-order valence-electron chi connectivity index (χ1n) is 8.66. The van der Waals surface area contributed by atoms with Crippen LogP contribution in [0.4, 0.5) is 0 Å². The molecule has 25 heavy (non-hydrogen) atoms. The summed E-state index contributed by atoms with van der Waals surface area (Å²) in [5.74, 6) is 0.456. The van der Waals surface area contributed by atoms with Crippen molar-refractivity contribution >= 4 is 11.5 Å². The van der Waals surface area contributed by atoms with E-state index < -0.39 is 0 Å². The lowest BCUT2D eigenvalue weighted by Gasteiger charge is -2.49. The third-order valence-electron chi connectivity index (χ3n) is 4.70. The fourth-order valence-electron chi connectivity index (χ4n) is 3.81. The second-order valence-electron chi connectivity index (χ2n) is 8.22. The van der Waals surface area contributed by atoms with Gasteiger partial charge in [-0.1, -0.05) is 12.1 Å². The maximum atomic E-state index is 9.83. The highest BCUT2D eigenvalue weighted by Crippen LogP contribution is 2.31. The number of benzene rings is 1. The van der Waals surface area contributed by atoms with E-state index in [9.17, 15) is 5.11 Å². The summed E-state index contributed by atoms with van der Waals surface area (Å²) in [7, 11) is 1.94. The molecule has 136 valence electrons. The lowest BCUT2D eigenvalue weighted by atomic mass is 9.79. The molecule has 1 aromatic carbocycles. The number of hydrogen-bond acceptors (Lipinski definition) is 4. The zero-order valence-electron chi connectivity index (χ0n) is 15.9. The van der Waals surface area contributed by atoms with Gasteiger partial charge in [0.1, 0.15) is 11.6 Å². The van der Waals surface area contributed by atoms with Crippen LogP contribution in [-0.2, 0) is 0 Å². The molecule has 1 aliphatic heterocycles. The second kappa shape index (κ2) is 7.00. The first-order chi connectivity index (χ1) is 11.5. The number of allylic oxidation sites excluding steroid dienone is 1. The van der Waals surface area contributed by atoms with Crippen molar-refractivity contribution in [3.8, 4) is 5.75 Å². The number of hydrogen-bond donors (Lipinski definition) is 4. The number of para-hydroxylation sites is 1. The van der Waals surface area contributed by atoms with Gasteiger partial charge in [0, 0.05) is 29.7 Å². The molecule has 1 saturated heterocycles. The van der Waals surface area contributed by atoms with Gasteiger partial charge in [0.2, 0.25) is 0 Å². The van der Waals surface area contributed by atoms with Crippen LogP contribution in [0.3, 0.4) is 0 Å². The Morgan fingerprint density at radius 1 is 1.12 bits per heavy atom. The van der Waals surface area contributed by atoms with E-state index >= 15 is 0 Å². The molecule has 0 aromatic heterocycles. The average molecular weight is 342 g/mol. The van der Waals surface area contributed by atoms with Gasteiger partial charge >= 0.3 is 0 Å². The number of nitrogens with one attached hydrogen (secondary N) is 3. The molecular weight excluding hydrogens is 312 g/mol. The van der Waals surface area contributed by atoms with Gasteiger partial charge < -0.3 is 20.7 Å². The van der Waals surface area contributed by atoms with Crippen LogP contribution in [0.1, 0.15) is 46.1 Å². The summed E-state index contributed by atoms with van der Waals surface area (Å²) in [5.41, 5.74) is 0.709. The molecule has 0 bridgehead atoms. The maximum Gasteiger partial charge on any atom is 0.124 e. The summed E-state index contributed by atoms with van der Waals surface area (Å²) < 4.78 is 0. The van der Waals surface area contributed by atoms with Gasteiger partial charge in [-0.05, 0) is 64.8 Å². The van der Waals surface area contributed by atoms with Gasteiger partial charge in [0.25, 0.3) is 0 Å². The van der Waals surface area contributed by atoms with Crippen molar-refractivity contribution in [3.05, 3.63) is 42.0 Å². The molecule has 5 heteroatoms. The standard InChI is InChI=1S/C20H30N4O/c1-19(2)12-14(13-20(3,4)23-19)24(5)18(22)11-10-16(21)15-8-6-7-9-17(15)25/h6-11,14,21-23,25H,12-13H2,1-5H3/b11-10-,21-16?,22-18?. The first kappa shape index (κ1) is 19.2. The van der Waals surface area contributed by atoms with Crippen LogP contribution in [0.25, 0.3) is 0 Å². The highest BCUT2D eigenvalue weighted by atomic mass is 16.3. The normalized spacial score (nSPS) is 19.7. The lowest BCUT2D eigenvalue weighted by molar-refractivity contribution is 0.114. The third kappa shape index (κ3) is 4.92. The van der Waals surface area contributed by atoms with Crippen LogP contribution in [0.2, 0.25) is 0 Å². The quantitative estimate of drug-likeness (QED) is 0.499. The molecule has 1 fully saturated rings.